The van der Waals surface area contributed by atoms with Gasteiger partial charge in [-0.15, -0.1) is 0 Å². The third-order valence-corrected chi connectivity index (χ3v) is 3.77. The molecule has 0 bridgehead atoms. The first-order valence-electron chi connectivity index (χ1n) is 8.19. The van der Waals surface area contributed by atoms with Crippen molar-refractivity contribution in [1.29, 1.82) is 0 Å². The Morgan fingerprint density at radius 1 is 0.833 bits per heavy atom. The number of hydrogen-bond acceptors (Lipinski definition) is 1. The van der Waals surface area contributed by atoms with Gasteiger partial charge < -0.3 is 4.74 Å². The van der Waals surface area contributed by atoms with E-state index in [2.05, 4.69) is 43.0 Å². The summed E-state index contributed by atoms with van der Waals surface area (Å²) >= 11 is 0. The summed E-state index contributed by atoms with van der Waals surface area (Å²) in [6.07, 6.45) is 2.19. The molecule has 1 nitrogen and oxygen atoms in total. The zero-order valence-corrected chi connectivity index (χ0v) is 13.7. The number of ether oxygens (including phenoxy) is 1. The van der Waals surface area contributed by atoms with Crippen molar-refractivity contribution >= 4 is 10.8 Å². The van der Waals surface area contributed by atoms with E-state index in [1.807, 2.05) is 12.1 Å². The summed E-state index contributed by atoms with van der Waals surface area (Å²) in [4.78, 5) is 0. The molecule has 0 N–H and O–H groups in total. The van der Waals surface area contributed by atoms with Crippen LogP contribution in [0.15, 0.2) is 60.7 Å². The highest BCUT2D eigenvalue weighted by atomic mass is 19.1. The standard InChI is InChI=1S/C22H19FO/c1-2-3-14-24-22-13-10-19-15-18(6-9-20(19)16-22)5-4-17-7-11-21(23)12-8-17/h6-13,15-16H,2-3,14H2,1H3. The van der Waals surface area contributed by atoms with Crippen LogP contribution in [0.4, 0.5) is 4.39 Å². The van der Waals surface area contributed by atoms with Crippen LogP contribution in [0.25, 0.3) is 10.8 Å². The molecule has 2 heteroatoms. The second-order valence-corrected chi connectivity index (χ2v) is 5.68. The Morgan fingerprint density at radius 3 is 2.29 bits per heavy atom. The zero-order valence-electron chi connectivity index (χ0n) is 13.7. The van der Waals surface area contributed by atoms with E-state index < -0.39 is 0 Å². The van der Waals surface area contributed by atoms with Gasteiger partial charge in [-0.25, -0.2) is 4.39 Å². The van der Waals surface area contributed by atoms with Gasteiger partial charge in [-0.2, -0.15) is 0 Å². The molecule has 0 aliphatic heterocycles. The van der Waals surface area contributed by atoms with E-state index in [1.165, 1.54) is 12.1 Å². The lowest BCUT2D eigenvalue weighted by molar-refractivity contribution is 0.310. The minimum Gasteiger partial charge on any atom is -0.494 e. The summed E-state index contributed by atoms with van der Waals surface area (Å²) in [5.74, 6) is 6.84. The number of halogens is 1. The van der Waals surface area contributed by atoms with Crippen LogP contribution < -0.4 is 4.74 Å². The summed E-state index contributed by atoms with van der Waals surface area (Å²) < 4.78 is 18.6. The third-order valence-electron chi connectivity index (χ3n) is 3.77. The van der Waals surface area contributed by atoms with Crippen molar-refractivity contribution in [3.8, 4) is 17.6 Å². The zero-order chi connectivity index (χ0) is 16.8. The van der Waals surface area contributed by atoms with Gasteiger partial charge in [-0.3, -0.25) is 0 Å². The van der Waals surface area contributed by atoms with Gasteiger partial charge in [0.1, 0.15) is 11.6 Å². The Bertz CT molecular complexity index is 885. The van der Waals surface area contributed by atoms with E-state index in [4.69, 9.17) is 4.74 Å². The largest absolute Gasteiger partial charge is 0.494 e. The Labute approximate surface area is 142 Å². The summed E-state index contributed by atoms with van der Waals surface area (Å²) in [5, 5.41) is 2.26. The molecule has 0 aromatic heterocycles. The third kappa shape index (κ3) is 4.14. The molecule has 0 unspecified atom stereocenters. The number of benzene rings is 3. The van der Waals surface area contributed by atoms with Gasteiger partial charge in [0.15, 0.2) is 0 Å². The molecule has 0 spiro atoms. The van der Waals surface area contributed by atoms with Crippen LogP contribution in [0, 0.1) is 17.7 Å². The Morgan fingerprint density at radius 2 is 1.50 bits per heavy atom. The average Bonchev–Trinajstić information content (AvgIpc) is 2.61. The topological polar surface area (TPSA) is 9.23 Å². The smallest absolute Gasteiger partial charge is 0.123 e. The van der Waals surface area contributed by atoms with Gasteiger partial charge in [0, 0.05) is 11.1 Å². The fourth-order valence-electron chi connectivity index (χ4n) is 2.40. The van der Waals surface area contributed by atoms with E-state index >= 15 is 0 Å². The summed E-state index contributed by atoms with van der Waals surface area (Å²) in [7, 11) is 0. The summed E-state index contributed by atoms with van der Waals surface area (Å²) in [6.45, 7) is 2.90. The lowest BCUT2D eigenvalue weighted by Crippen LogP contribution is -1.96. The van der Waals surface area contributed by atoms with Crippen LogP contribution in [0.1, 0.15) is 30.9 Å². The van der Waals surface area contributed by atoms with Gasteiger partial charge in [0.05, 0.1) is 6.61 Å². The predicted molar refractivity (Wildman–Crippen MR) is 96.7 cm³/mol. The van der Waals surface area contributed by atoms with Crippen LogP contribution >= 0.6 is 0 Å². The lowest BCUT2D eigenvalue weighted by Gasteiger charge is -2.06. The van der Waals surface area contributed by atoms with Crippen molar-refractivity contribution in [1.82, 2.24) is 0 Å². The Hall–Kier alpha value is -2.79. The van der Waals surface area contributed by atoms with Gasteiger partial charge in [0.25, 0.3) is 0 Å². The fraction of sp³-hybridized carbons (Fsp3) is 0.182. The van der Waals surface area contributed by atoms with Crippen LogP contribution in [0.3, 0.4) is 0 Å². The molecule has 3 rings (SSSR count). The molecule has 120 valence electrons. The highest BCUT2D eigenvalue weighted by molar-refractivity contribution is 5.85. The molecule has 0 aliphatic rings. The van der Waals surface area contributed by atoms with Crippen LogP contribution in [0.5, 0.6) is 5.75 Å². The quantitative estimate of drug-likeness (QED) is 0.452. The van der Waals surface area contributed by atoms with Gasteiger partial charge in [-0.1, -0.05) is 37.3 Å². The van der Waals surface area contributed by atoms with E-state index in [1.54, 1.807) is 12.1 Å². The molecule has 0 amide bonds. The minimum absolute atomic E-state index is 0.247. The molecule has 0 aliphatic carbocycles. The van der Waals surface area contributed by atoms with Crippen molar-refractivity contribution in [2.24, 2.45) is 0 Å². The second-order valence-electron chi connectivity index (χ2n) is 5.68. The molecule has 24 heavy (non-hydrogen) atoms. The SMILES string of the molecule is CCCCOc1ccc2cc(C#Cc3ccc(F)cc3)ccc2c1. The van der Waals surface area contributed by atoms with Crippen molar-refractivity contribution < 1.29 is 9.13 Å². The summed E-state index contributed by atoms with van der Waals surface area (Å²) in [5.41, 5.74) is 1.74. The van der Waals surface area contributed by atoms with Crippen LogP contribution in [0.2, 0.25) is 0 Å². The minimum atomic E-state index is -0.247. The highest BCUT2D eigenvalue weighted by Crippen LogP contribution is 2.22. The second kappa shape index (κ2) is 7.66. The molecule has 3 aromatic carbocycles. The first kappa shape index (κ1) is 16.1. The summed E-state index contributed by atoms with van der Waals surface area (Å²) in [6, 6.07) is 18.4. The van der Waals surface area contributed by atoms with E-state index in [-0.39, 0.29) is 5.82 Å². The number of unbranched alkanes of at least 4 members (excludes halogenated alkanes) is 1. The first-order valence-corrected chi connectivity index (χ1v) is 8.19. The normalized spacial score (nSPS) is 10.2. The van der Waals surface area contributed by atoms with Crippen molar-refractivity contribution in [2.75, 3.05) is 6.61 Å². The molecule has 0 saturated carbocycles. The molecule has 0 radical (unpaired) electrons. The maximum absolute atomic E-state index is 12.9. The maximum Gasteiger partial charge on any atom is 0.123 e. The Balaban J connectivity index is 1.79. The predicted octanol–water partition coefficient (Wildman–Crippen LogP) is 5.56. The van der Waals surface area contributed by atoms with Crippen molar-refractivity contribution in [3.05, 3.63) is 77.6 Å². The lowest BCUT2D eigenvalue weighted by atomic mass is 10.1. The number of rotatable bonds is 4. The van der Waals surface area contributed by atoms with Crippen LogP contribution in [-0.2, 0) is 0 Å². The van der Waals surface area contributed by atoms with E-state index in [9.17, 15) is 4.39 Å². The molecule has 0 heterocycles. The van der Waals surface area contributed by atoms with Crippen LogP contribution in [-0.4, -0.2) is 6.61 Å². The number of fused-ring (bicyclic) bond motifs is 1. The molecule has 0 atom stereocenters. The van der Waals surface area contributed by atoms with Gasteiger partial charge in [0.2, 0.25) is 0 Å². The highest BCUT2D eigenvalue weighted by Gasteiger charge is 1.99. The average molecular weight is 318 g/mol. The van der Waals surface area contributed by atoms with Gasteiger partial charge >= 0.3 is 0 Å². The van der Waals surface area contributed by atoms with Crippen molar-refractivity contribution in [3.63, 3.8) is 0 Å². The van der Waals surface area contributed by atoms with Gasteiger partial charge in [-0.05, 0) is 65.7 Å². The first-order chi connectivity index (χ1) is 11.7. The Kier molecular flexibility index (Phi) is 5.13. The number of hydrogen-bond donors (Lipinski definition) is 0. The molecular weight excluding hydrogens is 299 g/mol. The fourth-order valence-corrected chi connectivity index (χ4v) is 2.40. The maximum atomic E-state index is 12.9. The van der Waals surface area contributed by atoms with Crippen molar-refractivity contribution in [2.45, 2.75) is 19.8 Å². The van der Waals surface area contributed by atoms with E-state index in [0.717, 1.165) is 47.1 Å². The molecular formula is C22H19FO. The molecule has 0 saturated heterocycles. The molecule has 3 aromatic rings. The van der Waals surface area contributed by atoms with E-state index in [0.29, 0.717) is 0 Å². The molecule has 0 fully saturated rings. The monoisotopic (exact) mass is 318 g/mol.